The van der Waals surface area contributed by atoms with Crippen LogP contribution >= 0.6 is 23.2 Å². The Morgan fingerprint density at radius 2 is 2.03 bits per heavy atom. The number of carbonyl (C=O) groups excluding carboxylic acids is 2. The number of methoxy groups -OCH3 is 1. The Morgan fingerprint density at radius 3 is 2.69 bits per heavy atom. The number of nitrogens with zero attached hydrogens (tertiary/aromatic N) is 1. The van der Waals surface area contributed by atoms with Crippen molar-refractivity contribution in [3.8, 4) is 11.5 Å². The SMILES string of the molecule is COc1c(Cl)cc(Cl)cc1/C(O)=C1\C(=O)C(=O)N(CC2CCCO2)C1c1cccc(O)c1. The van der Waals surface area contributed by atoms with Gasteiger partial charge in [-0.05, 0) is 42.7 Å². The number of Topliss-reactive ketones (excluding diaryl/α,β-unsaturated/α-hetero) is 1. The van der Waals surface area contributed by atoms with Crippen LogP contribution in [0.2, 0.25) is 10.0 Å². The molecular formula is C23H21Cl2NO6. The summed E-state index contributed by atoms with van der Waals surface area (Å²) >= 11 is 12.3. The molecule has 2 N–H and O–H groups in total. The van der Waals surface area contributed by atoms with Crippen molar-refractivity contribution < 1.29 is 29.3 Å². The van der Waals surface area contributed by atoms with Gasteiger partial charge in [0, 0.05) is 18.2 Å². The monoisotopic (exact) mass is 477 g/mol. The van der Waals surface area contributed by atoms with Gasteiger partial charge in [0.25, 0.3) is 11.7 Å². The van der Waals surface area contributed by atoms with Crippen molar-refractivity contribution in [1.29, 1.82) is 0 Å². The lowest BCUT2D eigenvalue weighted by molar-refractivity contribution is -0.140. The first-order chi connectivity index (χ1) is 15.3. The number of hydrogen-bond donors (Lipinski definition) is 2. The molecule has 2 aromatic carbocycles. The number of benzene rings is 2. The van der Waals surface area contributed by atoms with E-state index < -0.39 is 23.5 Å². The number of likely N-dealkylation sites (tertiary alicyclic amines) is 1. The van der Waals surface area contributed by atoms with Crippen molar-refractivity contribution in [3.05, 3.63) is 63.1 Å². The normalized spacial score (nSPS) is 22.5. The van der Waals surface area contributed by atoms with Gasteiger partial charge in [-0.15, -0.1) is 0 Å². The average molecular weight is 478 g/mol. The van der Waals surface area contributed by atoms with Crippen LogP contribution in [0.3, 0.4) is 0 Å². The molecule has 9 heteroatoms. The molecule has 7 nitrogen and oxygen atoms in total. The highest BCUT2D eigenvalue weighted by molar-refractivity contribution is 6.46. The van der Waals surface area contributed by atoms with Crippen molar-refractivity contribution in [2.45, 2.75) is 25.0 Å². The van der Waals surface area contributed by atoms with Crippen LogP contribution in [0.15, 0.2) is 42.0 Å². The zero-order chi connectivity index (χ0) is 23.0. The fraction of sp³-hybridized carbons (Fsp3) is 0.304. The molecule has 4 rings (SSSR count). The molecule has 2 aliphatic heterocycles. The number of halogens is 2. The molecule has 2 fully saturated rings. The maximum absolute atomic E-state index is 13.1. The highest BCUT2D eigenvalue weighted by Crippen LogP contribution is 2.44. The van der Waals surface area contributed by atoms with E-state index >= 15 is 0 Å². The molecule has 0 radical (unpaired) electrons. The smallest absolute Gasteiger partial charge is 0.295 e. The molecule has 2 unspecified atom stereocenters. The lowest BCUT2D eigenvalue weighted by atomic mass is 9.94. The first kappa shape index (κ1) is 22.5. The molecule has 32 heavy (non-hydrogen) atoms. The van der Waals surface area contributed by atoms with E-state index in [2.05, 4.69) is 0 Å². The highest BCUT2D eigenvalue weighted by Gasteiger charge is 2.47. The Labute approximate surface area is 194 Å². The minimum absolute atomic E-state index is 0.0337. The first-order valence-corrected chi connectivity index (χ1v) is 10.8. The van der Waals surface area contributed by atoms with Crippen LogP contribution in [0.25, 0.3) is 5.76 Å². The predicted octanol–water partition coefficient (Wildman–Crippen LogP) is 4.31. The molecule has 0 spiro atoms. The number of aromatic hydroxyl groups is 1. The molecule has 0 saturated carbocycles. The van der Waals surface area contributed by atoms with Crippen LogP contribution in [-0.2, 0) is 14.3 Å². The van der Waals surface area contributed by atoms with Gasteiger partial charge in [0.05, 0.1) is 35.4 Å². The van der Waals surface area contributed by atoms with Gasteiger partial charge in [-0.1, -0.05) is 35.3 Å². The summed E-state index contributed by atoms with van der Waals surface area (Å²) in [6.07, 6.45) is 1.40. The van der Waals surface area contributed by atoms with Gasteiger partial charge in [0.1, 0.15) is 17.3 Å². The fourth-order valence-corrected chi connectivity index (χ4v) is 4.78. The Kier molecular flexibility index (Phi) is 6.33. The van der Waals surface area contributed by atoms with Gasteiger partial charge in [-0.25, -0.2) is 0 Å². The third-order valence-electron chi connectivity index (χ3n) is 5.62. The Bertz CT molecular complexity index is 1110. The van der Waals surface area contributed by atoms with Crippen LogP contribution in [0, 0.1) is 0 Å². The summed E-state index contributed by atoms with van der Waals surface area (Å²) in [5, 5.41) is 21.6. The number of hydrogen-bond acceptors (Lipinski definition) is 6. The predicted molar refractivity (Wildman–Crippen MR) is 119 cm³/mol. The number of ketones is 1. The van der Waals surface area contributed by atoms with Gasteiger partial charge in [0.2, 0.25) is 0 Å². The summed E-state index contributed by atoms with van der Waals surface area (Å²) in [5.74, 6) is -2.00. The minimum atomic E-state index is -0.936. The van der Waals surface area contributed by atoms with Crippen molar-refractivity contribution >= 4 is 40.7 Å². The summed E-state index contributed by atoms with van der Waals surface area (Å²) in [7, 11) is 1.37. The largest absolute Gasteiger partial charge is 0.508 e. The molecule has 2 saturated heterocycles. The third kappa shape index (κ3) is 4.03. The van der Waals surface area contributed by atoms with Crippen LogP contribution in [0.4, 0.5) is 0 Å². The maximum Gasteiger partial charge on any atom is 0.295 e. The van der Waals surface area contributed by atoms with E-state index in [4.69, 9.17) is 32.7 Å². The van der Waals surface area contributed by atoms with Crippen LogP contribution < -0.4 is 4.74 Å². The summed E-state index contributed by atoms with van der Waals surface area (Å²) < 4.78 is 11.0. The molecule has 2 heterocycles. The fourth-order valence-electron chi connectivity index (χ4n) is 4.21. The summed E-state index contributed by atoms with van der Waals surface area (Å²) in [5.41, 5.74) is 0.413. The van der Waals surface area contributed by atoms with E-state index in [0.717, 1.165) is 12.8 Å². The second-order valence-electron chi connectivity index (χ2n) is 7.65. The Balaban J connectivity index is 1.90. The second kappa shape index (κ2) is 9.02. The summed E-state index contributed by atoms with van der Waals surface area (Å²) in [6, 6.07) is 8.14. The molecule has 0 bridgehead atoms. The molecule has 0 aromatic heterocycles. The van der Waals surface area contributed by atoms with Gasteiger partial charge in [-0.2, -0.15) is 0 Å². The van der Waals surface area contributed by atoms with Crippen LogP contribution in [0.5, 0.6) is 11.5 Å². The Morgan fingerprint density at radius 1 is 1.25 bits per heavy atom. The number of ether oxygens (including phenoxy) is 2. The standard InChI is InChI=1S/C23H21Cl2NO6/c1-31-22-16(9-13(24)10-17(22)25)20(28)18-19(12-4-2-5-14(27)8-12)26(23(30)21(18)29)11-15-6-3-7-32-15/h2,4-5,8-10,15,19,27-28H,3,6-7,11H2,1H3/b20-18+. The van der Waals surface area contributed by atoms with Gasteiger partial charge < -0.3 is 24.6 Å². The van der Waals surface area contributed by atoms with Gasteiger partial charge in [0.15, 0.2) is 0 Å². The van der Waals surface area contributed by atoms with E-state index in [9.17, 15) is 19.8 Å². The number of carbonyl (C=O) groups is 2. The van der Waals surface area contributed by atoms with Crippen molar-refractivity contribution in [3.63, 3.8) is 0 Å². The Hall–Kier alpha value is -2.74. The lowest BCUT2D eigenvalue weighted by Gasteiger charge is -2.27. The van der Waals surface area contributed by atoms with E-state index in [0.29, 0.717) is 12.2 Å². The molecule has 1 amide bonds. The maximum atomic E-state index is 13.1. The molecule has 0 aliphatic carbocycles. The number of rotatable bonds is 5. The average Bonchev–Trinajstić information content (AvgIpc) is 3.35. The molecule has 2 aliphatic rings. The topological polar surface area (TPSA) is 96.3 Å². The quantitative estimate of drug-likeness (QED) is 0.378. The van der Waals surface area contributed by atoms with E-state index in [-0.39, 0.29) is 45.3 Å². The van der Waals surface area contributed by atoms with E-state index in [1.165, 1.54) is 36.3 Å². The molecule has 2 atom stereocenters. The third-order valence-corrected chi connectivity index (χ3v) is 6.12. The zero-order valence-electron chi connectivity index (χ0n) is 17.2. The number of amides is 1. The number of phenolic OH excluding ortho intramolecular Hbond substituents is 1. The zero-order valence-corrected chi connectivity index (χ0v) is 18.7. The lowest BCUT2D eigenvalue weighted by Crippen LogP contribution is -2.36. The minimum Gasteiger partial charge on any atom is -0.508 e. The van der Waals surface area contributed by atoms with Crippen molar-refractivity contribution in [2.75, 3.05) is 20.3 Å². The number of phenols is 1. The first-order valence-electron chi connectivity index (χ1n) is 10.0. The molecule has 168 valence electrons. The summed E-state index contributed by atoms with van der Waals surface area (Å²) in [4.78, 5) is 27.5. The second-order valence-corrected chi connectivity index (χ2v) is 8.49. The van der Waals surface area contributed by atoms with Gasteiger partial charge in [-0.3, -0.25) is 9.59 Å². The van der Waals surface area contributed by atoms with Crippen LogP contribution in [-0.4, -0.2) is 53.2 Å². The van der Waals surface area contributed by atoms with Crippen LogP contribution in [0.1, 0.15) is 30.0 Å². The van der Waals surface area contributed by atoms with Crippen molar-refractivity contribution in [2.24, 2.45) is 0 Å². The molecule has 2 aromatic rings. The van der Waals surface area contributed by atoms with Crippen molar-refractivity contribution in [1.82, 2.24) is 4.90 Å². The number of aliphatic hydroxyl groups is 1. The number of aliphatic hydroxyl groups excluding tert-OH is 1. The van der Waals surface area contributed by atoms with E-state index in [1.54, 1.807) is 12.1 Å². The summed E-state index contributed by atoms with van der Waals surface area (Å²) in [6.45, 7) is 0.763. The van der Waals surface area contributed by atoms with E-state index in [1.807, 2.05) is 0 Å². The van der Waals surface area contributed by atoms with Gasteiger partial charge >= 0.3 is 0 Å². The highest BCUT2D eigenvalue weighted by atomic mass is 35.5. The molecular weight excluding hydrogens is 457 g/mol.